The van der Waals surface area contributed by atoms with E-state index in [0.29, 0.717) is 5.69 Å². The number of carbonyl (C=O) groups excluding carboxylic acids is 1. The van der Waals surface area contributed by atoms with Crippen LogP contribution in [0.2, 0.25) is 0 Å². The second-order valence-corrected chi connectivity index (χ2v) is 3.54. The maximum absolute atomic E-state index is 11.4. The number of carbonyl (C=O) groups is 1. The van der Waals surface area contributed by atoms with E-state index in [1.54, 1.807) is 26.0 Å². The van der Waals surface area contributed by atoms with E-state index in [2.05, 4.69) is 5.32 Å². The molecule has 14 heavy (non-hydrogen) atoms. The monoisotopic (exact) mass is 193 g/mol. The van der Waals surface area contributed by atoms with E-state index in [9.17, 15) is 9.90 Å². The lowest BCUT2D eigenvalue weighted by Crippen LogP contribution is -2.31. The zero-order valence-corrected chi connectivity index (χ0v) is 8.40. The summed E-state index contributed by atoms with van der Waals surface area (Å²) in [6.07, 6.45) is -0.949. The highest BCUT2D eigenvalue weighted by atomic mass is 16.3. The van der Waals surface area contributed by atoms with Crippen LogP contribution in [0, 0.1) is 5.92 Å². The van der Waals surface area contributed by atoms with Crippen molar-refractivity contribution in [1.29, 1.82) is 0 Å². The lowest BCUT2D eigenvalue weighted by molar-refractivity contribution is -0.125. The molecule has 1 aromatic carbocycles. The predicted molar refractivity (Wildman–Crippen MR) is 55.9 cm³/mol. The molecule has 76 valence electrons. The number of hydrogen-bond donors (Lipinski definition) is 2. The van der Waals surface area contributed by atoms with Crippen molar-refractivity contribution in [1.82, 2.24) is 0 Å². The number of para-hydroxylation sites is 1. The van der Waals surface area contributed by atoms with Crippen molar-refractivity contribution in [2.45, 2.75) is 20.0 Å². The molecule has 3 nitrogen and oxygen atoms in total. The molecule has 3 heteroatoms. The number of hydrogen-bond acceptors (Lipinski definition) is 2. The third-order valence-electron chi connectivity index (χ3n) is 1.94. The fraction of sp³-hybridized carbons (Fsp3) is 0.364. The fourth-order valence-corrected chi connectivity index (χ4v) is 1.04. The Labute approximate surface area is 83.8 Å². The minimum atomic E-state index is -0.949. The first-order valence-electron chi connectivity index (χ1n) is 4.65. The van der Waals surface area contributed by atoms with Crippen molar-refractivity contribution in [2.24, 2.45) is 5.92 Å². The summed E-state index contributed by atoms with van der Waals surface area (Å²) in [5, 5.41) is 12.1. The summed E-state index contributed by atoms with van der Waals surface area (Å²) in [4.78, 5) is 11.4. The summed E-state index contributed by atoms with van der Waals surface area (Å²) < 4.78 is 0. The van der Waals surface area contributed by atoms with Gasteiger partial charge < -0.3 is 10.4 Å². The van der Waals surface area contributed by atoms with Gasteiger partial charge in [-0.15, -0.1) is 0 Å². The zero-order valence-electron chi connectivity index (χ0n) is 8.40. The number of rotatable bonds is 3. The van der Waals surface area contributed by atoms with Gasteiger partial charge in [0.25, 0.3) is 5.91 Å². The van der Waals surface area contributed by atoms with Gasteiger partial charge in [0.05, 0.1) is 0 Å². The van der Waals surface area contributed by atoms with E-state index >= 15 is 0 Å². The van der Waals surface area contributed by atoms with Crippen LogP contribution in [0.25, 0.3) is 0 Å². The standard InChI is InChI=1S/C11H15NO2/c1-8(2)10(13)11(14)12-9-6-4-3-5-7-9/h3-8,10,13H,1-2H3,(H,12,14)/t10-/m1/s1. The van der Waals surface area contributed by atoms with E-state index in [0.717, 1.165) is 0 Å². The molecule has 0 aliphatic carbocycles. The van der Waals surface area contributed by atoms with Gasteiger partial charge in [-0.1, -0.05) is 32.0 Å². The topological polar surface area (TPSA) is 49.3 Å². The van der Waals surface area contributed by atoms with Gasteiger partial charge >= 0.3 is 0 Å². The molecule has 0 heterocycles. The zero-order chi connectivity index (χ0) is 10.6. The van der Waals surface area contributed by atoms with Crippen LogP contribution in [0.4, 0.5) is 5.69 Å². The van der Waals surface area contributed by atoms with Crippen LogP contribution in [0.1, 0.15) is 13.8 Å². The van der Waals surface area contributed by atoms with E-state index in [1.807, 2.05) is 18.2 Å². The van der Waals surface area contributed by atoms with Crippen molar-refractivity contribution < 1.29 is 9.90 Å². The van der Waals surface area contributed by atoms with Crippen LogP contribution in [-0.4, -0.2) is 17.1 Å². The summed E-state index contributed by atoms with van der Waals surface area (Å²) >= 11 is 0. The predicted octanol–water partition coefficient (Wildman–Crippen LogP) is 1.64. The summed E-state index contributed by atoms with van der Waals surface area (Å²) in [5.74, 6) is -0.426. The number of anilines is 1. The Morgan fingerprint density at radius 1 is 1.29 bits per heavy atom. The number of aliphatic hydroxyl groups excluding tert-OH is 1. The first-order valence-corrected chi connectivity index (χ1v) is 4.65. The maximum Gasteiger partial charge on any atom is 0.253 e. The smallest absolute Gasteiger partial charge is 0.253 e. The van der Waals surface area contributed by atoms with Crippen molar-refractivity contribution >= 4 is 11.6 Å². The molecular formula is C11H15NO2. The maximum atomic E-state index is 11.4. The third kappa shape index (κ3) is 2.85. The van der Waals surface area contributed by atoms with Gasteiger partial charge in [-0.2, -0.15) is 0 Å². The Hall–Kier alpha value is -1.35. The van der Waals surface area contributed by atoms with Crippen LogP contribution in [0.3, 0.4) is 0 Å². The Kier molecular flexibility index (Phi) is 3.65. The normalized spacial score (nSPS) is 12.6. The van der Waals surface area contributed by atoms with Gasteiger partial charge in [-0.25, -0.2) is 0 Å². The van der Waals surface area contributed by atoms with Crippen molar-refractivity contribution in [3.05, 3.63) is 30.3 Å². The highest BCUT2D eigenvalue weighted by Gasteiger charge is 2.18. The molecular weight excluding hydrogens is 178 g/mol. The van der Waals surface area contributed by atoms with Gasteiger partial charge in [-0.3, -0.25) is 4.79 Å². The third-order valence-corrected chi connectivity index (χ3v) is 1.94. The number of amides is 1. The number of benzene rings is 1. The highest BCUT2D eigenvalue weighted by molar-refractivity contribution is 5.94. The van der Waals surface area contributed by atoms with Crippen LogP contribution in [0.5, 0.6) is 0 Å². The van der Waals surface area contributed by atoms with Gasteiger partial charge in [-0.05, 0) is 18.1 Å². The second-order valence-electron chi connectivity index (χ2n) is 3.54. The summed E-state index contributed by atoms with van der Waals surface area (Å²) in [6.45, 7) is 3.60. The van der Waals surface area contributed by atoms with Gasteiger partial charge in [0.15, 0.2) is 0 Å². The van der Waals surface area contributed by atoms with E-state index in [1.165, 1.54) is 0 Å². The molecule has 0 spiro atoms. The Morgan fingerprint density at radius 2 is 1.86 bits per heavy atom. The molecule has 0 aromatic heterocycles. The average Bonchev–Trinajstić information content (AvgIpc) is 2.18. The van der Waals surface area contributed by atoms with Crippen LogP contribution in [-0.2, 0) is 4.79 Å². The van der Waals surface area contributed by atoms with Gasteiger partial charge in [0.2, 0.25) is 0 Å². The Bertz CT molecular complexity index is 295. The molecule has 0 saturated carbocycles. The molecule has 0 aliphatic heterocycles. The molecule has 0 fully saturated rings. The van der Waals surface area contributed by atoms with E-state index < -0.39 is 6.10 Å². The quantitative estimate of drug-likeness (QED) is 0.766. The SMILES string of the molecule is CC(C)[C@@H](O)C(=O)Nc1ccccc1. The van der Waals surface area contributed by atoms with Crippen molar-refractivity contribution in [3.8, 4) is 0 Å². The minimum absolute atomic E-state index is 0.0706. The molecule has 0 unspecified atom stereocenters. The van der Waals surface area contributed by atoms with Crippen LogP contribution in [0.15, 0.2) is 30.3 Å². The lowest BCUT2D eigenvalue weighted by Gasteiger charge is -2.13. The molecule has 1 rings (SSSR count). The fourth-order valence-electron chi connectivity index (χ4n) is 1.04. The molecule has 0 aliphatic rings. The second kappa shape index (κ2) is 4.77. The minimum Gasteiger partial charge on any atom is -0.383 e. The van der Waals surface area contributed by atoms with E-state index in [4.69, 9.17) is 0 Å². The summed E-state index contributed by atoms with van der Waals surface area (Å²) in [7, 11) is 0. The first kappa shape index (κ1) is 10.7. The van der Waals surface area contributed by atoms with Gasteiger partial charge in [0, 0.05) is 5.69 Å². The summed E-state index contributed by atoms with van der Waals surface area (Å²) in [5.41, 5.74) is 0.706. The molecule has 2 N–H and O–H groups in total. The van der Waals surface area contributed by atoms with E-state index in [-0.39, 0.29) is 11.8 Å². The van der Waals surface area contributed by atoms with Crippen molar-refractivity contribution in [2.75, 3.05) is 5.32 Å². The molecule has 0 bridgehead atoms. The van der Waals surface area contributed by atoms with Crippen LogP contribution >= 0.6 is 0 Å². The first-order chi connectivity index (χ1) is 6.61. The average molecular weight is 193 g/mol. The van der Waals surface area contributed by atoms with Crippen molar-refractivity contribution in [3.63, 3.8) is 0 Å². The molecule has 1 atom stereocenters. The molecule has 0 saturated heterocycles. The van der Waals surface area contributed by atoms with Gasteiger partial charge in [0.1, 0.15) is 6.10 Å². The summed E-state index contributed by atoms with van der Waals surface area (Å²) in [6, 6.07) is 9.10. The number of nitrogens with one attached hydrogen (secondary N) is 1. The number of aliphatic hydroxyl groups is 1. The van der Waals surface area contributed by atoms with Crippen LogP contribution < -0.4 is 5.32 Å². The molecule has 0 radical (unpaired) electrons. The molecule has 1 aromatic rings. The Morgan fingerprint density at radius 3 is 2.36 bits per heavy atom. The highest BCUT2D eigenvalue weighted by Crippen LogP contribution is 2.08. The largest absolute Gasteiger partial charge is 0.383 e. The molecule has 1 amide bonds. The lowest BCUT2D eigenvalue weighted by atomic mass is 10.1. The Balaban J connectivity index is 2.58.